The summed E-state index contributed by atoms with van der Waals surface area (Å²) in [6.07, 6.45) is 2.87. The Morgan fingerprint density at radius 1 is 1.28 bits per heavy atom. The second-order valence-corrected chi connectivity index (χ2v) is 7.08. The van der Waals surface area contributed by atoms with Gasteiger partial charge in [-0.05, 0) is 39.8 Å². The number of rotatable bonds is 7. The smallest absolute Gasteiger partial charge is 0.331 e. The van der Waals surface area contributed by atoms with E-state index in [1.54, 1.807) is 31.2 Å². The molecule has 2 aromatic heterocycles. The second kappa shape index (κ2) is 7.78. The predicted molar refractivity (Wildman–Crippen MR) is 104 cm³/mol. The van der Waals surface area contributed by atoms with Gasteiger partial charge in [0.25, 0.3) is 5.91 Å². The molecule has 0 saturated heterocycles. The van der Waals surface area contributed by atoms with Gasteiger partial charge in [-0.1, -0.05) is 17.3 Å². The summed E-state index contributed by atoms with van der Waals surface area (Å²) in [5, 5.41) is 20.0. The van der Waals surface area contributed by atoms with E-state index in [0.29, 0.717) is 22.8 Å². The lowest BCUT2D eigenvalue weighted by Gasteiger charge is -2.19. The Labute approximate surface area is 167 Å². The van der Waals surface area contributed by atoms with Crippen molar-refractivity contribution in [2.45, 2.75) is 39.8 Å². The number of amides is 1. The highest BCUT2D eigenvalue weighted by molar-refractivity contribution is 6.06. The average molecular weight is 398 g/mol. The van der Waals surface area contributed by atoms with Gasteiger partial charge in [0.15, 0.2) is 5.54 Å². The van der Waals surface area contributed by atoms with Gasteiger partial charge in [0.1, 0.15) is 18.1 Å². The van der Waals surface area contributed by atoms with E-state index in [1.165, 1.54) is 30.9 Å². The summed E-state index contributed by atoms with van der Waals surface area (Å²) in [5.74, 6) is -0.357. The van der Waals surface area contributed by atoms with Gasteiger partial charge >= 0.3 is 5.97 Å². The standard InChI is InChI=1S/C20H22N4O5/c1-12-16(13(2)29-23-12)11-28-17-8-6-5-7-15(17)18(25)22-14-9-21-24(10-14)20(3,4)19(26)27/h5-10H,11H2,1-4H3,(H,22,25)(H,26,27). The van der Waals surface area contributed by atoms with Gasteiger partial charge in [-0.2, -0.15) is 5.10 Å². The molecule has 0 aliphatic rings. The van der Waals surface area contributed by atoms with Crippen molar-refractivity contribution in [2.75, 3.05) is 5.32 Å². The number of aliphatic carboxylic acids is 1. The summed E-state index contributed by atoms with van der Waals surface area (Å²) in [6, 6.07) is 6.84. The van der Waals surface area contributed by atoms with Crippen molar-refractivity contribution in [3.63, 3.8) is 0 Å². The zero-order valence-electron chi connectivity index (χ0n) is 16.6. The number of hydrogen-bond donors (Lipinski definition) is 2. The highest BCUT2D eigenvalue weighted by atomic mass is 16.5. The second-order valence-electron chi connectivity index (χ2n) is 7.08. The van der Waals surface area contributed by atoms with Gasteiger partial charge in [0.2, 0.25) is 0 Å². The maximum Gasteiger partial charge on any atom is 0.331 e. The van der Waals surface area contributed by atoms with Crippen LogP contribution in [0.25, 0.3) is 0 Å². The molecule has 3 rings (SSSR count). The first kappa shape index (κ1) is 20.1. The highest BCUT2D eigenvalue weighted by Gasteiger charge is 2.30. The lowest BCUT2D eigenvalue weighted by molar-refractivity contribution is -0.146. The molecule has 2 heterocycles. The van der Waals surface area contributed by atoms with Crippen LogP contribution >= 0.6 is 0 Å². The first-order valence-electron chi connectivity index (χ1n) is 8.93. The molecular weight excluding hydrogens is 376 g/mol. The van der Waals surface area contributed by atoms with E-state index in [2.05, 4.69) is 15.6 Å². The number of benzene rings is 1. The number of aromatic nitrogens is 3. The van der Waals surface area contributed by atoms with Crippen LogP contribution in [0.4, 0.5) is 5.69 Å². The summed E-state index contributed by atoms with van der Waals surface area (Å²) in [6.45, 7) is 6.88. The molecule has 0 bridgehead atoms. The number of carbonyl (C=O) groups is 2. The molecule has 0 spiro atoms. The number of hydrogen-bond acceptors (Lipinski definition) is 6. The molecule has 0 saturated carbocycles. The van der Waals surface area contributed by atoms with Gasteiger partial charge in [0, 0.05) is 6.20 Å². The fourth-order valence-electron chi connectivity index (χ4n) is 2.63. The maximum atomic E-state index is 12.7. The van der Waals surface area contributed by atoms with Crippen LogP contribution in [-0.2, 0) is 16.9 Å². The molecule has 0 radical (unpaired) electrons. The Bertz CT molecular complexity index is 1030. The number of nitrogens with one attached hydrogen (secondary N) is 1. The minimum Gasteiger partial charge on any atom is -0.488 e. The van der Waals surface area contributed by atoms with E-state index in [4.69, 9.17) is 9.26 Å². The zero-order chi connectivity index (χ0) is 21.2. The molecule has 0 fully saturated rings. The first-order valence-corrected chi connectivity index (χ1v) is 8.93. The summed E-state index contributed by atoms with van der Waals surface area (Å²) < 4.78 is 12.2. The summed E-state index contributed by atoms with van der Waals surface area (Å²) in [7, 11) is 0. The maximum absolute atomic E-state index is 12.7. The number of ether oxygens (including phenoxy) is 1. The largest absolute Gasteiger partial charge is 0.488 e. The molecule has 2 N–H and O–H groups in total. The Kier molecular flexibility index (Phi) is 5.40. The van der Waals surface area contributed by atoms with Crippen molar-refractivity contribution in [1.29, 1.82) is 0 Å². The third-order valence-corrected chi connectivity index (χ3v) is 4.62. The van der Waals surface area contributed by atoms with E-state index in [9.17, 15) is 14.7 Å². The van der Waals surface area contributed by atoms with Gasteiger partial charge < -0.3 is 19.7 Å². The van der Waals surface area contributed by atoms with Crippen LogP contribution in [0.3, 0.4) is 0 Å². The van der Waals surface area contributed by atoms with Crippen molar-refractivity contribution in [3.05, 3.63) is 59.2 Å². The zero-order valence-corrected chi connectivity index (χ0v) is 16.6. The van der Waals surface area contributed by atoms with Crippen LogP contribution in [0.2, 0.25) is 0 Å². The minimum absolute atomic E-state index is 0.218. The van der Waals surface area contributed by atoms with E-state index in [1.807, 2.05) is 6.92 Å². The number of para-hydroxylation sites is 1. The van der Waals surface area contributed by atoms with Gasteiger partial charge in [-0.25, -0.2) is 4.79 Å². The number of carboxylic acids is 1. The molecule has 9 nitrogen and oxygen atoms in total. The third-order valence-electron chi connectivity index (χ3n) is 4.62. The quantitative estimate of drug-likeness (QED) is 0.627. The van der Waals surface area contributed by atoms with E-state index in [0.717, 1.165) is 11.3 Å². The highest BCUT2D eigenvalue weighted by Crippen LogP contribution is 2.23. The van der Waals surface area contributed by atoms with Crippen molar-refractivity contribution in [3.8, 4) is 5.75 Å². The Balaban J connectivity index is 1.75. The molecule has 0 atom stereocenters. The third kappa shape index (κ3) is 4.13. The topological polar surface area (TPSA) is 119 Å². The fraction of sp³-hybridized carbons (Fsp3) is 0.300. The Morgan fingerprint density at radius 3 is 2.66 bits per heavy atom. The number of anilines is 1. The van der Waals surface area contributed by atoms with Gasteiger partial charge in [0.05, 0.1) is 28.7 Å². The summed E-state index contributed by atoms with van der Waals surface area (Å²) >= 11 is 0. The molecule has 3 aromatic rings. The number of nitrogens with zero attached hydrogens (tertiary/aromatic N) is 3. The molecule has 9 heteroatoms. The molecular formula is C20H22N4O5. The molecule has 0 aliphatic heterocycles. The molecule has 1 amide bonds. The minimum atomic E-state index is -1.24. The monoisotopic (exact) mass is 398 g/mol. The van der Waals surface area contributed by atoms with Crippen molar-refractivity contribution in [2.24, 2.45) is 0 Å². The van der Waals surface area contributed by atoms with Gasteiger partial charge in [-0.15, -0.1) is 0 Å². The Hall–Kier alpha value is -3.62. The van der Waals surface area contributed by atoms with Gasteiger partial charge in [-0.3, -0.25) is 9.48 Å². The predicted octanol–water partition coefficient (Wildman–Crippen LogP) is 3.14. The molecule has 0 unspecified atom stereocenters. The molecule has 0 aliphatic carbocycles. The number of carboxylic acid groups (broad SMARTS) is 1. The lowest BCUT2D eigenvalue weighted by atomic mass is 10.1. The van der Waals surface area contributed by atoms with E-state index in [-0.39, 0.29) is 6.61 Å². The molecule has 29 heavy (non-hydrogen) atoms. The average Bonchev–Trinajstić information content (AvgIpc) is 3.27. The SMILES string of the molecule is Cc1noc(C)c1COc1ccccc1C(=O)Nc1cnn(C(C)(C)C(=O)O)c1. The van der Waals surface area contributed by atoms with Crippen LogP contribution in [0, 0.1) is 13.8 Å². The summed E-state index contributed by atoms with van der Waals surface area (Å²) in [4.78, 5) is 24.1. The fourth-order valence-corrected chi connectivity index (χ4v) is 2.63. The normalized spacial score (nSPS) is 11.3. The Morgan fingerprint density at radius 2 is 2.00 bits per heavy atom. The van der Waals surface area contributed by atoms with Crippen LogP contribution in [0.1, 0.15) is 41.2 Å². The van der Waals surface area contributed by atoms with E-state index < -0.39 is 17.4 Å². The van der Waals surface area contributed by atoms with Crippen molar-refractivity contribution >= 4 is 17.6 Å². The van der Waals surface area contributed by atoms with E-state index >= 15 is 0 Å². The molecule has 152 valence electrons. The van der Waals surface area contributed by atoms with Crippen molar-refractivity contribution in [1.82, 2.24) is 14.9 Å². The van der Waals surface area contributed by atoms with Crippen LogP contribution in [-0.4, -0.2) is 31.9 Å². The molecule has 1 aromatic carbocycles. The number of carbonyl (C=O) groups excluding carboxylic acids is 1. The number of aryl methyl sites for hydroxylation is 2. The summed E-state index contributed by atoms with van der Waals surface area (Å²) in [5.41, 5.74) is 1.04. The lowest BCUT2D eigenvalue weighted by Crippen LogP contribution is -2.35. The van der Waals surface area contributed by atoms with Crippen LogP contribution < -0.4 is 10.1 Å². The van der Waals surface area contributed by atoms with Crippen molar-refractivity contribution < 1.29 is 24.0 Å². The first-order chi connectivity index (χ1) is 13.7. The van der Waals surface area contributed by atoms with Crippen LogP contribution in [0.15, 0.2) is 41.2 Å². The van der Waals surface area contributed by atoms with Crippen LogP contribution in [0.5, 0.6) is 5.75 Å².